The molecule has 162 valence electrons. The van der Waals surface area contributed by atoms with Gasteiger partial charge in [0.15, 0.2) is 18.4 Å². The minimum Gasteiger partial charge on any atom is -0.462 e. The largest absolute Gasteiger partial charge is 0.462 e. The molecule has 2 heterocycles. The highest BCUT2D eigenvalue weighted by Crippen LogP contribution is 2.38. The van der Waals surface area contributed by atoms with Gasteiger partial charge in [-0.05, 0) is 12.1 Å². The Bertz CT molecular complexity index is 863. The highest BCUT2D eigenvalue weighted by atomic mass is 35.5. The first kappa shape index (κ1) is 21.8. The number of fused-ring (bicyclic) bond motifs is 1. The van der Waals surface area contributed by atoms with E-state index in [4.69, 9.17) is 30.5 Å². The van der Waals surface area contributed by atoms with Crippen LogP contribution in [0.2, 0.25) is 5.02 Å². The fourth-order valence-corrected chi connectivity index (χ4v) is 3.75. The van der Waals surface area contributed by atoms with Gasteiger partial charge in [-0.25, -0.2) is 4.79 Å². The average molecular weight is 441 g/mol. The molecule has 0 unspecified atom stereocenters. The molecular formula is C19H21ClN2O8. The number of rotatable bonds is 6. The number of para-hydroxylation sites is 1. The van der Waals surface area contributed by atoms with Crippen molar-refractivity contribution in [3.63, 3.8) is 0 Å². The lowest BCUT2D eigenvalue weighted by Crippen LogP contribution is -2.49. The van der Waals surface area contributed by atoms with E-state index in [1.807, 2.05) is 0 Å². The summed E-state index contributed by atoms with van der Waals surface area (Å²) in [7, 11) is 0. The van der Waals surface area contributed by atoms with Gasteiger partial charge in [0, 0.05) is 20.8 Å². The van der Waals surface area contributed by atoms with Crippen molar-refractivity contribution in [3.8, 4) is 0 Å². The maximum atomic E-state index is 12.6. The summed E-state index contributed by atoms with van der Waals surface area (Å²) in [5.74, 6) is -1.84. The number of esters is 3. The summed E-state index contributed by atoms with van der Waals surface area (Å²) in [6, 6.07) is 5.43. The van der Waals surface area contributed by atoms with Crippen LogP contribution in [0.15, 0.2) is 24.3 Å². The summed E-state index contributed by atoms with van der Waals surface area (Å²) in [6.07, 6.45) is -3.96. The fourth-order valence-electron chi connectivity index (χ4n) is 3.53. The monoisotopic (exact) mass is 440 g/mol. The Hall–Kier alpha value is -2.85. The third kappa shape index (κ3) is 4.49. The van der Waals surface area contributed by atoms with Crippen molar-refractivity contribution >= 4 is 41.2 Å². The molecule has 0 bridgehead atoms. The molecule has 1 aromatic carbocycles. The minimum absolute atomic E-state index is 0.309. The molecule has 10 nitrogen and oxygen atoms in total. The van der Waals surface area contributed by atoms with Crippen LogP contribution in [0.1, 0.15) is 20.8 Å². The van der Waals surface area contributed by atoms with Crippen molar-refractivity contribution < 1.29 is 38.1 Å². The second kappa shape index (κ2) is 8.88. The Morgan fingerprint density at radius 1 is 1.17 bits per heavy atom. The molecule has 2 saturated heterocycles. The Balaban J connectivity index is 1.93. The van der Waals surface area contributed by atoms with E-state index in [2.05, 4.69) is 5.32 Å². The summed E-state index contributed by atoms with van der Waals surface area (Å²) in [6.45, 7) is 3.30. The number of halogens is 1. The van der Waals surface area contributed by atoms with Crippen LogP contribution < -0.4 is 10.2 Å². The zero-order valence-corrected chi connectivity index (χ0v) is 17.3. The number of carbonyl (C=O) groups is 4. The van der Waals surface area contributed by atoms with Crippen molar-refractivity contribution in [2.45, 2.75) is 51.4 Å². The van der Waals surface area contributed by atoms with Crippen molar-refractivity contribution in [3.05, 3.63) is 29.3 Å². The number of hydrogen-bond acceptors (Lipinski definition) is 8. The standard InChI is InChI=1S/C19H21ClN2O8/c1-9(23)27-8-14(28-10(2)24)16-17(29-11(3)25)15-18(30-16)22(19(26)21-15)13-7-5-4-6-12(13)20/h4-7,14-18H,8H2,1-3H3,(H,21,26)/t14-,15-,16-,17-,18+/m1/s1. The molecule has 0 aliphatic carbocycles. The van der Waals surface area contributed by atoms with Crippen LogP contribution in [0, 0.1) is 0 Å². The van der Waals surface area contributed by atoms with Crippen molar-refractivity contribution in [1.82, 2.24) is 5.32 Å². The summed E-state index contributed by atoms with van der Waals surface area (Å²) in [4.78, 5) is 48.5. The zero-order valence-electron chi connectivity index (χ0n) is 16.5. The summed E-state index contributed by atoms with van der Waals surface area (Å²) < 4.78 is 21.7. The Labute approximate surface area is 177 Å². The fraction of sp³-hybridized carbons (Fsp3) is 0.474. The molecule has 5 atom stereocenters. The summed E-state index contributed by atoms with van der Waals surface area (Å²) in [5.41, 5.74) is 0.399. The number of urea groups is 1. The summed E-state index contributed by atoms with van der Waals surface area (Å²) in [5, 5.41) is 3.05. The SMILES string of the molecule is CC(=O)OC[C@@H](OC(C)=O)[C@H]1O[C@H]2[C@H](NC(=O)N2c2ccccc2Cl)[C@H]1OC(C)=O. The van der Waals surface area contributed by atoms with E-state index >= 15 is 0 Å². The molecular weight excluding hydrogens is 420 g/mol. The highest BCUT2D eigenvalue weighted by Gasteiger charge is 2.58. The molecule has 2 fully saturated rings. The first-order chi connectivity index (χ1) is 14.2. The zero-order chi connectivity index (χ0) is 22.0. The lowest BCUT2D eigenvalue weighted by atomic mass is 10.0. The molecule has 0 spiro atoms. The molecule has 2 aliphatic rings. The van der Waals surface area contributed by atoms with Gasteiger partial charge in [0.2, 0.25) is 0 Å². The molecule has 0 aromatic heterocycles. The number of anilines is 1. The van der Waals surface area contributed by atoms with Gasteiger partial charge in [0.05, 0.1) is 10.7 Å². The predicted molar refractivity (Wildman–Crippen MR) is 103 cm³/mol. The topological polar surface area (TPSA) is 120 Å². The molecule has 1 aromatic rings. The van der Waals surface area contributed by atoms with Crippen LogP contribution in [-0.4, -0.2) is 61.1 Å². The Morgan fingerprint density at radius 3 is 2.47 bits per heavy atom. The van der Waals surface area contributed by atoms with Gasteiger partial charge >= 0.3 is 23.9 Å². The predicted octanol–water partition coefficient (Wildman–Crippen LogP) is 1.39. The molecule has 0 saturated carbocycles. The molecule has 2 aliphatic heterocycles. The lowest BCUT2D eigenvalue weighted by Gasteiger charge is -2.29. The van der Waals surface area contributed by atoms with Gasteiger partial charge in [0.25, 0.3) is 0 Å². The van der Waals surface area contributed by atoms with Crippen molar-refractivity contribution in [1.29, 1.82) is 0 Å². The number of nitrogens with zero attached hydrogens (tertiary/aromatic N) is 1. The molecule has 1 N–H and O–H groups in total. The highest BCUT2D eigenvalue weighted by molar-refractivity contribution is 6.33. The van der Waals surface area contributed by atoms with Crippen molar-refractivity contribution in [2.24, 2.45) is 0 Å². The van der Waals surface area contributed by atoms with Gasteiger partial charge in [-0.15, -0.1) is 0 Å². The molecule has 3 rings (SSSR count). The van der Waals surface area contributed by atoms with Crippen LogP contribution in [0.25, 0.3) is 0 Å². The maximum absolute atomic E-state index is 12.6. The van der Waals surface area contributed by atoms with E-state index in [1.165, 1.54) is 25.7 Å². The minimum atomic E-state index is -1.06. The Morgan fingerprint density at radius 2 is 1.87 bits per heavy atom. The number of amides is 2. The number of nitrogens with one attached hydrogen (secondary N) is 1. The second-order valence-electron chi connectivity index (χ2n) is 6.81. The average Bonchev–Trinajstić information content (AvgIpc) is 3.14. The van der Waals surface area contributed by atoms with Gasteiger partial charge in [0.1, 0.15) is 18.8 Å². The number of carbonyl (C=O) groups excluding carboxylic acids is 4. The maximum Gasteiger partial charge on any atom is 0.324 e. The van der Waals surface area contributed by atoms with Crippen molar-refractivity contribution in [2.75, 3.05) is 11.5 Å². The smallest absolute Gasteiger partial charge is 0.324 e. The number of hydrogen-bond donors (Lipinski definition) is 1. The number of benzene rings is 1. The van der Waals surface area contributed by atoms with E-state index in [1.54, 1.807) is 24.3 Å². The molecule has 2 amide bonds. The van der Waals surface area contributed by atoms with Crippen LogP contribution in [0.4, 0.5) is 10.5 Å². The third-order valence-electron chi connectivity index (χ3n) is 4.59. The van der Waals surface area contributed by atoms with Gasteiger partial charge in [-0.3, -0.25) is 19.3 Å². The van der Waals surface area contributed by atoms with E-state index in [0.29, 0.717) is 10.7 Å². The van der Waals surface area contributed by atoms with Gasteiger partial charge in [-0.2, -0.15) is 0 Å². The normalized spacial score (nSPS) is 25.9. The van der Waals surface area contributed by atoms with Gasteiger partial charge < -0.3 is 24.3 Å². The first-order valence-corrected chi connectivity index (χ1v) is 9.54. The number of ether oxygens (including phenoxy) is 4. The third-order valence-corrected chi connectivity index (χ3v) is 4.91. The van der Waals surface area contributed by atoms with Crippen LogP contribution in [0.3, 0.4) is 0 Å². The Kier molecular flexibility index (Phi) is 6.47. The van der Waals surface area contributed by atoms with Crippen LogP contribution in [-0.2, 0) is 33.3 Å². The molecule has 11 heteroatoms. The van der Waals surface area contributed by atoms with Crippen LogP contribution in [0.5, 0.6) is 0 Å². The molecule has 0 radical (unpaired) electrons. The second-order valence-corrected chi connectivity index (χ2v) is 7.22. The quantitative estimate of drug-likeness (QED) is 0.520. The van der Waals surface area contributed by atoms with Gasteiger partial charge in [-0.1, -0.05) is 23.7 Å². The van der Waals surface area contributed by atoms with E-state index in [9.17, 15) is 19.2 Å². The summed E-state index contributed by atoms with van der Waals surface area (Å²) >= 11 is 6.24. The first-order valence-electron chi connectivity index (χ1n) is 9.16. The van der Waals surface area contributed by atoms with E-state index in [-0.39, 0.29) is 6.61 Å². The van der Waals surface area contributed by atoms with Crippen LogP contribution >= 0.6 is 11.6 Å². The van der Waals surface area contributed by atoms with E-state index in [0.717, 1.165) is 0 Å². The van der Waals surface area contributed by atoms with E-state index < -0.39 is 54.5 Å². The molecule has 30 heavy (non-hydrogen) atoms. The lowest BCUT2D eigenvalue weighted by molar-refractivity contribution is -0.174.